The number of likely N-dealkylation sites (tertiary alicyclic amines) is 1. The first-order chi connectivity index (χ1) is 14.4. The number of benzene rings is 2. The van der Waals surface area contributed by atoms with E-state index >= 15 is 0 Å². The van der Waals surface area contributed by atoms with Gasteiger partial charge in [0.05, 0.1) is 24.3 Å². The molecular weight excluding hydrogens is 385 g/mol. The van der Waals surface area contributed by atoms with Crippen molar-refractivity contribution in [3.8, 4) is 5.75 Å². The molecule has 0 aliphatic carbocycles. The fourth-order valence-corrected chi connectivity index (χ4v) is 3.87. The maximum absolute atomic E-state index is 13.9. The second-order valence-corrected chi connectivity index (χ2v) is 7.40. The Hall–Kier alpha value is -3.15. The number of unbranched alkanes of at least 4 members (excludes halogenated alkanes) is 2. The molecule has 1 N–H and O–H groups in total. The van der Waals surface area contributed by atoms with Crippen LogP contribution in [0, 0.1) is 12.7 Å². The zero-order valence-corrected chi connectivity index (χ0v) is 17.4. The van der Waals surface area contributed by atoms with Crippen LogP contribution in [-0.4, -0.2) is 35.4 Å². The molecule has 2 aromatic rings. The number of hydrogen-bond acceptors (Lipinski definition) is 4. The normalized spacial score (nSPS) is 18.1. The molecule has 0 radical (unpaired) electrons. The SMILES string of the molecule is CCCCCN1C(=O)C(=O)/C(=C(/O)c2cc(F)ccc2OC)C1c1ccccc1C. The van der Waals surface area contributed by atoms with Gasteiger partial charge in [-0.1, -0.05) is 44.0 Å². The minimum Gasteiger partial charge on any atom is -0.507 e. The van der Waals surface area contributed by atoms with Gasteiger partial charge >= 0.3 is 0 Å². The van der Waals surface area contributed by atoms with E-state index in [9.17, 15) is 19.1 Å². The van der Waals surface area contributed by atoms with Crippen molar-refractivity contribution >= 4 is 17.4 Å². The van der Waals surface area contributed by atoms with Gasteiger partial charge in [-0.2, -0.15) is 0 Å². The smallest absolute Gasteiger partial charge is 0.295 e. The average Bonchev–Trinajstić information content (AvgIpc) is 2.98. The number of rotatable bonds is 7. The Kier molecular flexibility index (Phi) is 6.55. The molecule has 2 aromatic carbocycles. The topological polar surface area (TPSA) is 66.8 Å². The number of aliphatic hydroxyl groups excluding tert-OH is 1. The lowest BCUT2D eigenvalue weighted by atomic mass is 9.92. The number of halogens is 1. The van der Waals surface area contributed by atoms with Gasteiger partial charge in [-0.05, 0) is 42.7 Å². The Bertz CT molecular complexity index is 998. The van der Waals surface area contributed by atoms with Crippen molar-refractivity contribution in [1.29, 1.82) is 0 Å². The molecule has 1 heterocycles. The Balaban J connectivity index is 2.21. The lowest BCUT2D eigenvalue weighted by Gasteiger charge is -2.26. The van der Waals surface area contributed by atoms with Gasteiger partial charge in [0.25, 0.3) is 11.7 Å². The predicted octanol–water partition coefficient (Wildman–Crippen LogP) is 4.75. The molecule has 1 amide bonds. The fraction of sp³-hybridized carbons (Fsp3) is 0.333. The fourth-order valence-electron chi connectivity index (χ4n) is 3.87. The van der Waals surface area contributed by atoms with E-state index < -0.39 is 29.3 Å². The van der Waals surface area contributed by atoms with Crippen LogP contribution in [0.15, 0.2) is 48.0 Å². The van der Waals surface area contributed by atoms with Crippen LogP contribution in [0.1, 0.15) is 48.9 Å². The standard InChI is InChI=1S/C24H26FNO4/c1-4-5-8-13-26-21(17-10-7-6-9-15(17)2)20(23(28)24(26)29)22(27)18-14-16(25)11-12-19(18)30-3/h6-7,9-12,14,21,27H,4-5,8,13H2,1-3H3/b22-20+. The molecule has 1 unspecified atom stereocenters. The van der Waals surface area contributed by atoms with Crippen LogP contribution in [0.2, 0.25) is 0 Å². The van der Waals surface area contributed by atoms with Gasteiger partial charge in [-0.3, -0.25) is 9.59 Å². The summed E-state index contributed by atoms with van der Waals surface area (Å²) in [5.74, 6) is -2.23. The number of Topliss-reactive ketones (excluding diaryl/α,β-unsaturated/α-hetero) is 1. The molecule has 30 heavy (non-hydrogen) atoms. The minimum absolute atomic E-state index is 0.0441. The molecule has 1 aliphatic rings. The van der Waals surface area contributed by atoms with Gasteiger partial charge in [0.15, 0.2) is 0 Å². The minimum atomic E-state index is -0.774. The summed E-state index contributed by atoms with van der Waals surface area (Å²) in [6.45, 7) is 4.35. The third kappa shape index (κ3) is 3.95. The first kappa shape index (κ1) is 21.6. The van der Waals surface area contributed by atoms with Crippen molar-refractivity contribution in [2.24, 2.45) is 0 Å². The first-order valence-electron chi connectivity index (χ1n) is 10.1. The Morgan fingerprint density at radius 3 is 2.57 bits per heavy atom. The van der Waals surface area contributed by atoms with Crippen LogP contribution in [0.25, 0.3) is 5.76 Å². The molecule has 1 fully saturated rings. The second kappa shape index (κ2) is 9.11. The third-order valence-electron chi connectivity index (χ3n) is 5.44. The monoisotopic (exact) mass is 411 g/mol. The zero-order chi connectivity index (χ0) is 21.8. The van der Waals surface area contributed by atoms with E-state index in [0.29, 0.717) is 6.54 Å². The number of aliphatic hydroxyl groups is 1. The van der Waals surface area contributed by atoms with Gasteiger partial charge in [0, 0.05) is 6.54 Å². The Labute approximate surface area is 175 Å². The molecule has 0 spiro atoms. The molecule has 1 aliphatic heterocycles. The van der Waals surface area contributed by atoms with E-state index in [1.807, 2.05) is 31.2 Å². The third-order valence-corrected chi connectivity index (χ3v) is 5.44. The van der Waals surface area contributed by atoms with Crippen LogP contribution in [0.3, 0.4) is 0 Å². The summed E-state index contributed by atoms with van der Waals surface area (Å²) in [5, 5.41) is 11.1. The highest BCUT2D eigenvalue weighted by Gasteiger charge is 2.46. The number of amides is 1. The van der Waals surface area contributed by atoms with Crippen LogP contribution in [-0.2, 0) is 9.59 Å². The van der Waals surface area contributed by atoms with Crippen LogP contribution in [0.4, 0.5) is 4.39 Å². The Morgan fingerprint density at radius 2 is 1.90 bits per heavy atom. The highest BCUT2D eigenvalue weighted by Crippen LogP contribution is 2.42. The number of carbonyl (C=O) groups excluding carboxylic acids is 2. The van der Waals surface area contributed by atoms with E-state index in [0.717, 1.165) is 36.5 Å². The van der Waals surface area contributed by atoms with E-state index in [1.54, 1.807) is 0 Å². The number of methoxy groups -OCH3 is 1. The van der Waals surface area contributed by atoms with Gasteiger partial charge in [0.2, 0.25) is 0 Å². The molecule has 158 valence electrons. The summed E-state index contributed by atoms with van der Waals surface area (Å²) in [5.41, 5.74) is 1.64. The summed E-state index contributed by atoms with van der Waals surface area (Å²) in [6, 6.07) is 10.4. The van der Waals surface area contributed by atoms with Crippen molar-refractivity contribution in [2.75, 3.05) is 13.7 Å². The molecule has 0 saturated carbocycles. The van der Waals surface area contributed by atoms with Crippen LogP contribution < -0.4 is 4.74 Å². The molecule has 1 saturated heterocycles. The van der Waals surface area contributed by atoms with E-state index in [4.69, 9.17) is 4.74 Å². The van der Waals surface area contributed by atoms with Crippen LogP contribution >= 0.6 is 0 Å². The van der Waals surface area contributed by atoms with Gasteiger partial charge in [0.1, 0.15) is 17.3 Å². The van der Waals surface area contributed by atoms with Crippen molar-refractivity contribution < 1.29 is 23.8 Å². The highest BCUT2D eigenvalue weighted by atomic mass is 19.1. The van der Waals surface area contributed by atoms with Crippen molar-refractivity contribution in [3.63, 3.8) is 0 Å². The lowest BCUT2D eigenvalue weighted by Crippen LogP contribution is -2.31. The lowest BCUT2D eigenvalue weighted by molar-refractivity contribution is -0.139. The molecule has 6 heteroatoms. The first-order valence-corrected chi connectivity index (χ1v) is 10.1. The number of nitrogens with zero attached hydrogens (tertiary/aromatic N) is 1. The van der Waals surface area contributed by atoms with Crippen molar-refractivity contribution in [2.45, 2.75) is 39.2 Å². The van der Waals surface area contributed by atoms with E-state index in [2.05, 4.69) is 6.92 Å². The maximum Gasteiger partial charge on any atom is 0.295 e. The van der Waals surface area contributed by atoms with Gasteiger partial charge in [-0.15, -0.1) is 0 Å². The van der Waals surface area contributed by atoms with Crippen LogP contribution in [0.5, 0.6) is 5.75 Å². The molecule has 3 rings (SSSR count). The predicted molar refractivity (Wildman–Crippen MR) is 113 cm³/mol. The van der Waals surface area contributed by atoms with E-state index in [-0.39, 0.29) is 16.9 Å². The molecule has 5 nitrogen and oxygen atoms in total. The number of ketones is 1. The summed E-state index contributed by atoms with van der Waals surface area (Å²) < 4.78 is 19.2. The molecule has 0 bridgehead atoms. The summed E-state index contributed by atoms with van der Waals surface area (Å²) in [7, 11) is 1.40. The van der Waals surface area contributed by atoms with Gasteiger partial charge in [-0.25, -0.2) is 4.39 Å². The largest absolute Gasteiger partial charge is 0.507 e. The highest BCUT2D eigenvalue weighted by molar-refractivity contribution is 6.46. The van der Waals surface area contributed by atoms with Gasteiger partial charge < -0.3 is 14.7 Å². The van der Waals surface area contributed by atoms with Crippen molar-refractivity contribution in [1.82, 2.24) is 4.90 Å². The molecular formula is C24H26FNO4. The molecule has 0 aromatic heterocycles. The molecule has 1 atom stereocenters. The summed E-state index contributed by atoms with van der Waals surface area (Å²) >= 11 is 0. The number of ether oxygens (including phenoxy) is 1. The maximum atomic E-state index is 13.9. The summed E-state index contributed by atoms with van der Waals surface area (Å²) in [6.07, 6.45) is 2.63. The quantitative estimate of drug-likeness (QED) is 0.309. The number of carbonyl (C=O) groups is 2. The average molecular weight is 411 g/mol. The zero-order valence-electron chi connectivity index (χ0n) is 17.4. The van der Waals surface area contributed by atoms with E-state index in [1.165, 1.54) is 24.1 Å². The summed E-state index contributed by atoms with van der Waals surface area (Å²) in [4.78, 5) is 27.4. The van der Waals surface area contributed by atoms with Crippen molar-refractivity contribution in [3.05, 3.63) is 70.5 Å². The second-order valence-electron chi connectivity index (χ2n) is 7.40. The Morgan fingerprint density at radius 1 is 1.17 bits per heavy atom. The number of hydrogen-bond donors (Lipinski definition) is 1. The number of aryl methyl sites for hydroxylation is 1.